The lowest BCUT2D eigenvalue weighted by atomic mass is 10.2. The maximum Gasteiger partial charge on any atom is 0.0642 e. The molecule has 0 aliphatic rings. The van der Waals surface area contributed by atoms with Gasteiger partial charge in [0.1, 0.15) is 0 Å². The van der Waals surface area contributed by atoms with Crippen LogP contribution < -0.4 is 5.48 Å². The minimum Gasteiger partial charge on any atom is -0.291 e. The second kappa shape index (κ2) is 3.03. The molecule has 0 aromatic heterocycles. The summed E-state index contributed by atoms with van der Waals surface area (Å²) in [5.41, 5.74) is 3.86. The molecule has 1 rings (SSSR count). The number of rotatable bonds is 1. The monoisotopic (exact) mass is 201 g/mol. The van der Waals surface area contributed by atoms with Crippen molar-refractivity contribution in [2.24, 2.45) is 0 Å². The van der Waals surface area contributed by atoms with Gasteiger partial charge in [0, 0.05) is 4.47 Å². The Morgan fingerprint density at radius 3 is 2.70 bits per heavy atom. The maximum absolute atomic E-state index is 8.57. The molecular weight excluding hydrogens is 194 g/mol. The highest BCUT2D eigenvalue weighted by Gasteiger charge is 1.94. The molecule has 10 heavy (non-hydrogen) atoms. The number of hydrogen-bond acceptors (Lipinski definition) is 2. The molecule has 2 nitrogen and oxygen atoms in total. The highest BCUT2D eigenvalue weighted by Crippen LogP contribution is 2.19. The largest absolute Gasteiger partial charge is 0.291 e. The van der Waals surface area contributed by atoms with E-state index in [2.05, 4.69) is 21.4 Å². The van der Waals surface area contributed by atoms with Gasteiger partial charge in [-0.25, -0.2) is 0 Å². The SMILES string of the molecule is Cc1ccc(Br)cc1NO. The molecule has 0 radical (unpaired) electrons. The van der Waals surface area contributed by atoms with Crippen molar-refractivity contribution in [2.45, 2.75) is 6.92 Å². The molecule has 0 fully saturated rings. The van der Waals surface area contributed by atoms with Gasteiger partial charge in [0.05, 0.1) is 5.69 Å². The van der Waals surface area contributed by atoms with E-state index in [1.54, 1.807) is 0 Å². The van der Waals surface area contributed by atoms with Gasteiger partial charge in [0.15, 0.2) is 0 Å². The quantitative estimate of drug-likeness (QED) is 0.686. The van der Waals surface area contributed by atoms with E-state index < -0.39 is 0 Å². The van der Waals surface area contributed by atoms with E-state index in [4.69, 9.17) is 5.21 Å². The average Bonchev–Trinajstić information content (AvgIpc) is 1.94. The van der Waals surface area contributed by atoms with Crippen LogP contribution in [0.25, 0.3) is 0 Å². The first-order valence-electron chi connectivity index (χ1n) is 2.90. The van der Waals surface area contributed by atoms with Crippen LogP contribution in [0, 0.1) is 6.92 Å². The van der Waals surface area contributed by atoms with Crippen molar-refractivity contribution in [1.82, 2.24) is 0 Å². The molecule has 0 spiro atoms. The third-order valence-corrected chi connectivity index (χ3v) is 1.81. The zero-order chi connectivity index (χ0) is 7.56. The van der Waals surface area contributed by atoms with Gasteiger partial charge in [0.25, 0.3) is 0 Å². The Labute approximate surface area is 68.0 Å². The lowest BCUT2D eigenvalue weighted by Gasteiger charge is -2.02. The molecule has 0 amide bonds. The van der Waals surface area contributed by atoms with Crippen molar-refractivity contribution < 1.29 is 5.21 Å². The van der Waals surface area contributed by atoms with Crippen LogP contribution in [0.1, 0.15) is 5.56 Å². The lowest BCUT2D eigenvalue weighted by Crippen LogP contribution is -1.91. The number of benzene rings is 1. The molecule has 2 N–H and O–H groups in total. The smallest absolute Gasteiger partial charge is 0.0642 e. The van der Waals surface area contributed by atoms with E-state index in [0.717, 1.165) is 15.7 Å². The summed E-state index contributed by atoms with van der Waals surface area (Å²) in [5.74, 6) is 0. The second-order valence-corrected chi connectivity index (χ2v) is 2.99. The third kappa shape index (κ3) is 1.49. The Morgan fingerprint density at radius 2 is 2.20 bits per heavy atom. The highest BCUT2D eigenvalue weighted by atomic mass is 79.9. The molecule has 1 aromatic carbocycles. The molecule has 0 heterocycles. The summed E-state index contributed by atoms with van der Waals surface area (Å²) in [6.45, 7) is 1.92. The number of halogens is 1. The summed E-state index contributed by atoms with van der Waals surface area (Å²) in [6, 6.07) is 5.66. The predicted molar refractivity (Wildman–Crippen MR) is 44.3 cm³/mol. The fraction of sp³-hybridized carbons (Fsp3) is 0.143. The molecular formula is C7H8BrNO. The van der Waals surface area contributed by atoms with Crippen LogP contribution in [-0.2, 0) is 0 Å². The number of nitrogens with one attached hydrogen (secondary N) is 1. The van der Waals surface area contributed by atoms with Crippen molar-refractivity contribution in [1.29, 1.82) is 0 Å². The predicted octanol–water partition coefficient (Wildman–Crippen LogP) is 2.56. The molecule has 0 saturated heterocycles. The zero-order valence-electron chi connectivity index (χ0n) is 5.56. The van der Waals surface area contributed by atoms with Crippen LogP contribution in [-0.4, -0.2) is 5.21 Å². The molecule has 0 aliphatic heterocycles. The summed E-state index contributed by atoms with van der Waals surface area (Å²) in [4.78, 5) is 0. The first kappa shape index (κ1) is 7.57. The Balaban J connectivity index is 3.09. The molecule has 0 atom stereocenters. The van der Waals surface area contributed by atoms with Crippen molar-refractivity contribution in [3.63, 3.8) is 0 Å². The van der Waals surface area contributed by atoms with E-state index in [9.17, 15) is 0 Å². The Bertz CT molecular complexity index is 237. The molecule has 3 heteroatoms. The standard InChI is InChI=1S/C7H8BrNO/c1-5-2-3-6(8)4-7(5)9-10/h2-4,9-10H,1H3. The van der Waals surface area contributed by atoms with E-state index in [-0.39, 0.29) is 0 Å². The highest BCUT2D eigenvalue weighted by molar-refractivity contribution is 9.10. The normalized spacial score (nSPS) is 9.50. The van der Waals surface area contributed by atoms with Crippen molar-refractivity contribution in [3.8, 4) is 0 Å². The van der Waals surface area contributed by atoms with Crippen LogP contribution in [0.3, 0.4) is 0 Å². The van der Waals surface area contributed by atoms with Crippen LogP contribution in [0.4, 0.5) is 5.69 Å². The molecule has 54 valence electrons. The summed E-state index contributed by atoms with van der Waals surface area (Å²) in [5, 5.41) is 8.57. The lowest BCUT2D eigenvalue weighted by molar-refractivity contribution is 0.388. The van der Waals surface area contributed by atoms with Gasteiger partial charge < -0.3 is 0 Å². The number of hydrogen-bond donors (Lipinski definition) is 2. The first-order chi connectivity index (χ1) is 4.74. The van der Waals surface area contributed by atoms with E-state index in [1.165, 1.54) is 0 Å². The Morgan fingerprint density at radius 1 is 1.50 bits per heavy atom. The topological polar surface area (TPSA) is 32.3 Å². The molecule has 0 saturated carbocycles. The summed E-state index contributed by atoms with van der Waals surface area (Å²) < 4.78 is 0.953. The van der Waals surface area contributed by atoms with E-state index in [1.807, 2.05) is 25.1 Å². The second-order valence-electron chi connectivity index (χ2n) is 2.07. The van der Waals surface area contributed by atoms with E-state index >= 15 is 0 Å². The van der Waals surface area contributed by atoms with Gasteiger partial charge >= 0.3 is 0 Å². The fourth-order valence-corrected chi connectivity index (χ4v) is 1.08. The van der Waals surface area contributed by atoms with Gasteiger partial charge in [-0.1, -0.05) is 22.0 Å². The summed E-state index contributed by atoms with van der Waals surface area (Å²) >= 11 is 3.29. The van der Waals surface area contributed by atoms with Crippen LogP contribution in [0.2, 0.25) is 0 Å². The van der Waals surface area contributed by atoms with Crippen molar-refractivity contribution >= 4 is 21.6 Å². The molecule has 0 bridgehead atoms. The average molecular weight is 202 g/mol. The third-order valence-electron chi connectivity index (χ3n) is 1.32. The van der Waals surface area contributed by atoms with Gasteiger partial charge in [0.2, 0.25) is 0 Å². The van der Waals surface area contributed by atoms with Crippen LogP contribution in [0.15, 0.2) is 22.7 Å². The Kier molecular flexibility index (Phi) is 2.29. The summed E-state index contributed by atoms with van der Waals surface area (Å²) in [7, 11) is 0. The van der Waals surface area contributed by atoms with Crippen LogP contribution >= 0.6 is 15.9 Å². The van der Waals surface area contributed by atoms with Gasteiger partial charge in [-0.2, -0.15) is 0 Å². The molecule has 0 aliphatic carbocycles. The molecule has 1 aromatic rings. The minimum atomic E-state index is 0.731. The van der Waals surface area contributed by atoms with Gasteiger partial charge in [-0.3, -0.25) is 10.7 Å². The van der Waals surface area contributed by atoms with Gasteiger partial charge in [-0.05, 0) is 24.6 Å². The van der Waals surface area contributed by atoms with E-state index in [0.29, 0.717) is 0 Å². The fourth-order valence-electron chi connectivity index (χ4n) is 0.715. The summed E-state index contributed by atoms with van der Waals surface area (Å²) in [6.07, 6.45) is 0. The molecule has 0 unspecified atom stereocenters. The van der Waals surface area contributed by atoms with Gasteiger partial charge in [-0.15, -0.1) is 0 Å². The van der Waals surface area contributed by atoms with Crippen molar-refractivity contribution in [3.05, 3.63) is 28.2 Å². The zero-order valence-corrected chi connectivity index (χ0v) is 7.14. The number of aryl methyl sites for hydroxylation is 1. The minimum absolute atomic E-state index is 0.731. The van der Waals surface area contributed by atoms with Crippen LogP contribution in [0.5, 0.6) is 0 Å². The Hall–Kier alpha value is -0.540. The van der Waals surface area contributed by atoms with Crippen molar-refractivity contribution in [2.75, 3.05) is 5.48 Å². The first-order valence-corrected chi connectivity index (χ1v) is 3.69. The number of anilines is 1. The maximum atomic E-state index is 8.57.